The van der Waals surface area contributed by atoms with Crippen LogP contribution < -0.4 is 5.32 Å². The molecule has 0 radical (unpaired) electrons. The zero-order valence-corrected chi connectivity index (χ0v) is 11.5. The Kier molecular flexibility index (Phi) is 5.15. The fourth-order valence-corrected chi connectivity index (χ4v) is 2.16. The first kappa shape index (κ1) is 14.2. The predicted molar refractivity (Wildman–Crippen MR) is 71.2 cm³/mol. The summed E-state index contributed by atoms with van der Waals surface area (Å²) >= 11 is 1.72. The highest BCUT2D eigenvalue weighted by molar-refractivity contribution is 7.09. The molecule has 1 atom stereocenters. The van der Waals surface area contributed by atoms with Crippen molar-refractivity contribution in [2.45, 2.75) is 51.7 Å². The summed E-state index contributed by atoms with van der Waals surface area (Å²) in [6, 6.07) is 4.11. The average Bonchev–Trinajstić information content (AvgIpc) is 2.69. The first-order valence-corrected chi connectivity index (χ1v) is 6.81. The van der Waals surface area contributed by atoms with Crippen LogP contribution in [0.2, 0.25) is 0 Å². The molecular weight excluding hydrogens is 234 g/mol. The zero-order chi connectivity index (χ0) is 12.9. The molecule has 1 amide bonds. The van der Waals surface area contributed by atoms with Crippen molar-refractivity contribution in [3.8, 4) is 0 Å². The number of aryl methyl sites for hydroxylation is 1. The van der Waals surface area contributed by atoms with Gasteiger partial charge in [0.2, 0.25) is 5.91 Å². The van der Waals surface area contributed by atoms with Gasteiger partial charge in [-0.1, -0.05) is 6.07 Å². The minimum atomic E-state index is -0.556. The number of rotatable bonds is 6. The van der Waals surface area contributed by atoms with Crippen LogP contribution in [0.15, 0.2) is 17.5 Å². The van der Waals surface area contributed by atoms with Crippen LogP contribution in [-0.2, 0) is 11.2 Å². The van der Waals surface area contributed by atoms with Crippen molar-refractivity contribution < 1.29 is 9.90 Å². The lowest BCUT2D eigenvalue weighted by molar-refractivity contribution is -0.124. The van der Waals surface area contributed by atoms with E-state index in [1.54, 1.807) is 18.3 Å². The SMILES string of the molecule is CC(O)C(C)(C)NC(=O)CCCc1cccs1. The summed E-state index contributed by atoms with van der Waals surface area (Å²) in [5.41, 5.74) is -0.556. The second-order valence-corrected chi connectivity index (χ2v) is 5.91. The molecule has 0 aliphatic carbocycles. The van der Waals surface area contributed by atoms with Crippen molar-refractivity contribution in [1.29, 1.82) is 0 Å². The van der Waals surface area contributed by atoms with Gasteiger partial charge in [0.15, 0.2) is 0 Å². The summed E-state index contributed by atoms with van der Waals surface area (Å²) in [7, 11) is 0. The number of aliphatic hydroxyl groups excluding tert-OH is 1. The molecule has 1 unspecified atom stereocenters. The topological polar surface area (TPSA) is 49.3 Å². The third-order valence-corrected chi connectivity index (χ3v) is 3.85. The van der Waals surface area contributed by atoms with Gasteiger partial charge >= 0.3 is 0 Å². The molecule has 0 spiro atoms. The summed E-state index contributed by atoms with van der Waals surface area (Å²) in [6.45, 7) is 5.34. The lowest BCUT2D eigenvalue weighted by Gasteiger charge is -2.29. The van der Waals surface area contributed by atoms with Crippen LogP contribution in [-0.4, -0.2) is 22.7 Å². The Bertz CT molecular complexity index is 344. The van der Waals surface area contributed by atoms with E-state index in [0.29, 0.717) is 6.42 Å². The Morgan fingerprint density at radius 3 is 2.82 bits per heavy atom. The van der Waals surface area contributed by atoms with Gasteiger partial charge in [0.1, 0.15) is 0 Å². The molecule has 0 aliphatic rings. The van der Waals surface area contributed by atoms with E-state index in [1.807, 2.05) is 25.3 Å². The van der Waals surface area contributed by atoms with Crippen molar-refractivity contribution in [1.82, 2.24) is 5.32 Å². The van der Waals surface area contributed by atoms with E-state index in [9.17, 15) is 9.90 Å². The number of carbonyl (C=O) groups excluding carboxylic acids is 1. The van der Waals surface area contributed by atoms with E-state index < -0.39 is 11.6 Å². The van der Waals surface area contributed by atoms with Gasteiger partial charge in [0.05, 0.1) is 11.6 Å². The van der Waals surface area contributed by atoms with Crippen molar-refractivity contribution in [3.05, 3.63) is 22.4 Å². The molecule has 3 nitrogen and oxygen atoms in total. The molecule has 1 rings (SSSR count). The fourth-order valence-electron chi connectivity index (χ4n) is 1.40. The van der Waals surface area contributed by atoms with E-state index >= 15 is 0 Å². The first-order valence-electron chi connectivity index (χ1n) is 5.93. The normalized spacial score (nSPS) is 13.4. The van der Waals surface area contributed by atoms with Gasteiger partial charge in [-0.25, -0.2) is 0 Å². The number of thiophene rings is 1. The highest BCUT2D eigenvalue weighted by atomic mass is 32.1. The van der Waals surface area contributed by atoms with Gasteiger partial charge in [0.25, 0.3) is 0 Å². The Morgan fingerprint density at radius 1 is 1.59 bits per heavy atom. The molecule has 1 heterocycles. The van der Waals surface area contributed by atoms with Crippen LogP contribution in [0.4, 0.5) is 0 Å². The number of nitrogens with one attached hydrogen (secondary N) is 1. The molecule has 0 aromatic carbocycles. The molecule has 96 valence electrons. The van der Waals surface area contributed by atoms with Crippen LogP contribution in [0, 0.1) is 0 Å². The monoisotopic (exact) mass is 255 g/mol. The standard InChI is InChI=1S/C13H21NO2S/c1-10(15)13(2,3)14-12(16)8-4-6-11-7-5-9-17-11/h5,7,9-10,15H,4,6,8H2,1-3H3,(H,14,16). The lowest BCUT2D eigenvalue weighted by atomic mass is 9.98. The molecule has 4 heteroatoms. The molecule has 17 heavy (non-hydrogen) atoms. The maximum atomic E-state index is 11.7. The molecule has 0 saturated carbocycles. The smallest absolute Gasteiger partial charge is 0.220 e. The average molecular weight is 255 g/mol. The van der Waals surface area contributed by atoms with Crippen LogP contribution in [0.5, 0.6) is 0 Å². The molecule has 2 N–H and O–H groups in total. The van der Waals surface area contributed by atoms with Gasteiger partial charge in [-0.15, -0.1) is 11.3 Å². The van der Waals surface area contributed by atoms with E-state index in [1.165, 1.54) is 4.88 Å². The summed E-state index contributed by atoms with van der Waals surface area (Å²) < 4.78 is 0. The van der Waals surface area contributed by atoms with Gasteiger partial charge in [-0.05, 0) is 45.1 Å². The van der Waals surface area contributed by atoms with Crippen LogP contribution in [0.25, 0.3) is 0 Å². The fraction of sp³-hybridized carbons (Fsp3) is 0.615. The summed E-state index contributed by atoms with van der Waals surface area (Å²) in [4.78, 5) is 13.0. The maximum absolute atomic E-state index is 11.7. The molecule has 0 fully saturated rings. The third kappa shape index (κ3) is 4.88. The van der Waals surface area contributed by atoms with E-state index in [4.69, 9.17) is 0 Å². The largest absolute Gasteiger partial charge is 0.391 e. The minimum Gasteiger partial charge on any atom is -0.391 e. The number of aliphatic hydroxyl groups is 1. The molecule has 0 saturated heterocycles. The van der Waals surface area contributed by atoms with Crippen LogP contribution in [0.3, 0.4) is 0 Å². The second-order valence-electron chi connectivity index (χ2n) is 4.88. The zero-order valence-electron chi connectivity index (χ0n) is 10.7. The van der Waals surface area contributed by atoms with Crippen LogP contribution >= 0.6 is 11.3 Å². The minimum absolute atomic E-state index is 0.00690. The van der Waals surface area contributed by atoms with Gasteiger partial charge in [0, 0.05) is 11.3 Å². The number of hydrogen-bond donors (Lipinski definition) is 2. The van der Waals surface area contributed by atoms with Crippen molar-refractivity contribution in [2.75, 3.05) is 0 Å². The number of carbonyl (C=O) groups is 1. The first-order chi connectivity index (χ1) is 7.92. The Balaban J connectivity index is 2.26. The highest BCUT2D eigenvalue weighted by Gasteiger charge is 2.25. The lowest BCUT2D eigenvalue weighted by Crippen LogP contribution is -2.50. The summed E-state index contributed by atoms with van der Waals surface area (Å²) in [6.07, 6.45) is 1.75. The highest BCUT2D eigenvalue weighted by Crippen LogP contribution is 2.13. The predicted octanol–water partition coefficient (Wildman–Crippen LogP) is 2.35. The van der Waals surface area contributed by atoms with Crippen molar-refractivity contribution in [2.24, 2.45) is 0 Å². The Labute approximate surface area is 107 Å². The molecule has 0 bridgehead atoms. The van der Waals surface area contributed by atoms with Gasteiger partial charge < -0.3 is 10.4 Å². The van der Waals surface area contributed by atoms with Gasteiger partial charge in [-0.2, -0.15) is 0 Å². The van der Waals surface area contributed by atoms with Crippen LogP contribution in [0.1, 0.15) is 38.5 Å². The number of hydrogen-bond acceptors (Lipinski definition) is 3. The second kappa shape index (κ2) is 6.17. The van der Waals surface area contributed by atoms with Gasteiger partial charge in [-0.3, -0.25) is 4.79 Å². The maximum Gasteiger partial charge on any atom is 0.220 e. The van der Waals surface area contributed by atoms with E-state index in [-0.39, 0.29) is 5.91 Å². The number of amides is 1. The van der Waals surface area contributed by atoms with Crippen molar-refractivity contribution >= 4 is 17.2 Å². The summed E-state index contributed by atoms with van der Waals surface area (Å²) in [5, 5.41) is 14.4. The molecule has 0 aliphatic heterocycles. The molecule has 1 aromatic heterocycles. The third-order valence-electron chi connectivity index (χ3n) is 2.91. The molecule has 1 aromatic rings. The van der Waals surface area contributed by atoms with E-state index in [0.717, 1.165) is 12.8 Å². The Hall–Kier alpha value is -0.870. The quantitative estimate of drug-likeness (QED) is 0.819. The molecular formula is C13H21NO2S. The van der Waals surface area contributed by atoms with Crippen molar-refractivity contribution in [3.63, 3.8) is 0 Å². The summed E-state index contributed by atoms with van der Waals surface area (Å²) in [5.74, 6) is 0.00690. The van der Waals surface area contributed by atoms with E-state index in [2.05, 4.69) is 11.4 Å². The Morgan fingerprint density at radius 2 is 2.29 bits per heavy atom.